The number of benzene rings is 1. The molecule has 3 heterocycles. The van der Waals surface area contributed by atoms with E-state index < -0.39 is 6.23 Å². The van der Waals surface area contributed by atoms with Crippen molar-refractivity contribution in [3.05, 3.63) is 64.3 Å². The SMILES string of the molecule is Cc1nc2n(CC(O)N3CCCCC3)ccn2c(=O)c1OCc1ccccc1. The molecule has 0 aliphatic carbocycles. The van der Waals surface area contributed by atoms with Crippen molar-refractivity contribution in [3.8, 4) is 5.75 Å². The first-order chi connectivity index (χ1) is 13.6. The Morgan fingerprint density at radius 2 is 1.89 bits per heavy atom. The third-order valence-corrected chi connectivity index (χ3v) is 5.28. The number of likely N-dealkylation sites (tertiary alicyclic amines) is 1. The average molecular weight is 382 g/mol. The van der Waals surface area contributed by atoms with E-state index in [0.29, 0.717) is 24.6 Å². The molecule has 148 valence electrons. The second-order valence-electron chi connectivity index (χ2n) is 7.30. The number of aliphatic hydroxyl groups is 1. The van der Waals surface area contributed by atoms with E-state index in [1.807, 2.05) is 34.9 Å². The van der Waals surface area contributed by atoms with Crippen LogP contribution < -0.4 is 10.3 Å². The van der Waals surface area contributed by atoms with Crippen molar-refractivity contribution >= 4 is 5.78 Å². The Hall–Kier alpha value is -2.64. The number of aromatic nitrogens is 3. The molecule has 3 aromatic rings. The number of nitrogens with zero attached hydrogens (tertiary/aromatic N) is 4. The van der Waals surface area contributed by atoms with Gasteiger partial charge in [-0.2, -0.15) is 0 Å². The molecule has 1 aromatic carbocycles. The second kappa shape index (κ2) is 8.16. The molecule has 0 saturated carbocycles. The fraction of sp³-hybridized carbons (Fsp3) is 0.429. The molecule has 7 heteroatoms. The first kappa shape index (κ1) is 18.7. The van der Waals surface area contributed by atoms with Crippen LogP contribution in [0, 0.1) is 6.92 Å². The zero-order valence-electron chi connectivity index (χ0n) is 16.1. The van der Waals surface area contributed by atoms with Crippen LogP contribution in [0.15, 0.2) is 47.5 Å². The van der Waals surface area contributed by atoms with Crippen molar-refractivity contribution < 1.29 is 9.84 Å². The molecule has 0 radical (unpaired) electrons. The van der Waals surface area contributed by atoms with Gasteiger partial charge in [-0.3, -0.25) is 9.69 Å². The van der Waals surface area contributed by atoms with Crippen molar-refractivity contribution in [2.24, 2.45) is 0 Å². The molecule has 0 bridgehead atoms. The molecule has 1 N–H and O–H groups in total. The molecule has 1 aliphatic rings. The van der Waals surface area contributed by atoms with Crippen LogP contribution in [0.3, 0.4) is 0 Å². The molecule has 4 rings (SSSR count). The first-order valence-electron chi connectivity index (χ1n) is 9.80. The van der Waals surface area contributed by atoms with Gasteiger partial charge >= 0.3 is 5.56 Å². The second-order valence-corrected chi connectivity index (χ2v) is 7.30. The van der Waals surface area contributed by atoms with E-state index in [1.54, 1.807) is 19.3 Å². The topological polar surface area (TPSA) is 72.0 Å². The molecule has 2 aromatic heterocycles. The lowest BCUT2D eigenvalue weighted by Crippen LogP contribution is -2.41. The van der Waals surface area contributed by atoms with Crippen molar-refractivity contribution in [1.82, 2.24) is 18.9 Å². The largest absolute Gasteiger partial charge is 0.482 e. The van der Waals surface area contributed by atoms with Crippen LogP contribution in [0.1, 0.15) is 30.5 Å². The van der Waals surface area contributed by atoms with Gasteiger partial charge in [0.2, 0.25) is 11.5 Å². The summed E-state index contributed by atoms with van der Waals surface area (Å²) in [6, 6.07) is 9.73. The van der Waals surface area contributed by atoms with Crippen LogP contribution in [-0.2, 0) is 13.2 Å². The summed E-state index contributed by atoms with van der Waals surface area (Å²) < 4.78 is 9.09. The lowest BCUT2D eigenvalue weighted by Gasteiger charge is -2.31. The Morgan fingerprint density at radius 3 is 2.64 bits per heavy atom. The quantitative estimate of drug-likeness (QED) is 0.708. The van der Waals surface area contributed by atoms with E-state index in [2.05, 4.69) is 9.88 Å². The van der Waals surface area contributed by atoms with Crippen LogP contribution >= 0.6 is 0 Å². The van der Waals surface area contributed by atoms with E-state index in [-0.39, 0.29) is 11.3 Å². The summed E-state index contributed by atoms with van der Waals surface area (Å²) in [5, 5.41) is 10.6. The predicted molar refractivity (Wildman–Crippen MR) is 106 cm³/mol. The van der Waals surface area contributed by atoms with Gasteiger partial charge in [-0.05, 0) is 25.3 Å². The fourth-order valence-electron chi connectivity index (χ4n) is 3.71. The normalized spacial score (nSPS) is 16.4. The highest BCUT2D eigenvalue weighted by atomic mass is 16.5. The van der Waals surface area contributed by atoms with Crippen molar-refractivity contribution in [2.75, 3.05) is 13.1 Å². The first-order valence-corrected chi connectivity index (χ1v) is 9.80. The van der Waals surface area contributed by atoms with Gasteiger partial charge in [-0.15, -0.1) is 0 Å². The van der Waals surface area contributed by atoms with Gasteiger partial charge in [0.05, 0.1) is 12.2 Å². The third-order valence-electron chi connectivity index (χ3n) is 5.28. The zero-order chi connectivity index (χ0) is 19.5. The van der Waals surface area contributed by atoms with Crippen LogP contribution in [0.2, 0.25) is 0 Å². The minimum Gasteiger partial charge on any atom is -0.482 e. The number of hydrogen-bond acceptors (Lipinski definition) is 5. The fourth-order valence-corrected chi connectivity index (χ4v) is 3.71. The Bertz CT molecular complexity index is 990. The minimum atomic E-state index is -0.581. The summed E-state index contributed by atoms with van der Waals surface area (Å²) in [6.45, 7) is 4.29. The standard InChI is InChI=1S/C21H26N4O3/c1-16-19(28-15-17-8-4-2-5-9-17)20(27)25-13-12-24(21(25)22-16)14-18(26)23-10-6-3-7-11-23/h2,4-5,8-9,12-13,18,26H,3,6-7,10-11,14-15H2,1H3. The van der Waals surface area contributed by atoms with Gasteiger partial charge in [0.15, 0.2) is 0 Å². The molecule has 1 atom stereocenters. The molecule has 0 spiro atoms. The number of piperidine rings is 1. The molecular formula is C21H26N4O3. The average Bonchev–Trinajstić information content (AvgIpc) is 3.12. The number of aliphatic hydroxyl groups excluding tert-OH is 1. The lowest BCUT2D eigenvalue weighted by molar-refractivity contribution is -0.0185. The summed E-state index contributed by atoms with van der Waals surface area (Å²) in [6.07, 6.45) is 6.34. The molecule has 1 unspecified atom stereocenters. The van der Waals surface area contributed by atoms with E-state index in [9.17, 15) is 9.90 Å². The molecular weight excluding hydrogens is 356 g/mol. The maximum absolute atomic E-state index is 12.9. The van der Waals surface area contributed by atoms with Crippen molar-refractivity contribution in [1.29, 1.82) is 0 Å². The molecule has 1 fully saturated rings. The Kier molecular flexibility index (Phi) is 5.45. The van der Waals surface area contributed by atoms with Crippen LogP contribution in [0.4, 0.5) is 0 Å². The van der Waals surface area contributed by atoms with Gasteiger partial charge in [0.25, 0.3) is 0 Å². The number of ether oxygens (including phenoxy) is 1. The van der Waals surface area contributed by atoms with Gasteiger partial charge < -0.3 is 14.4 Å². The number of aryl methyl sites for hydroxylation is 1. The van der Waals surface area contributed by atoms with E-state index in [0.717, 1.165) is 31.5 Å². The summed E-state index contributed by atoms with van der Waals surface area (Å²) in [5.74, 6) is 0.779. The summed E-state index contributed by atoms with van der Waals surface area (Å²) in [4.78, 5) is 19.5. The third kappa shape index (κ3) is 3.81. The number of fused-ring (bicyclic) bond motifs is 1. The Labute approximate surface area is 163 Å². The smallest absolute Gasteiger partial charge is 0.301 e. The molecule has 0 amide bonds. The van der Waals surface area contributed by atoms with Gasteiger partial charge in [0, 0.05) is 25.5 Å². The van der Waals surface area contributed by atoms with Crippen LogP contribution in [0.5, 0.6) is 5.75 Å². The highest BCUT2D eigenvalue weighted by Gasteiger charge is 2.20. The maximum Gasteiger partial charge on any atom is 0.301 e. The van der Waals surface area contributed by atoms with E-state index in [4.69, 9.17) is 4.74 Å². The Morgan fingerprint density at radius 1 is 1.14 bits per heavy atom. The summed E-state index contributed by atoms with van der Waals surface area (Å²) in [5.41, 5.74) is 1.31. The highest BCUT2D eigenvalue weighted by Crippen LogP contribution is 2.16. The van der Waals surface area contributed by atoms with Crippen molar-refractivity contribution in [2.45, 2.75) is 45.6 Å². The monoisotopic (exact) mass is 382 g/mol. The molecule has 1 aliphatic heterocycles. The Balaban J connectivity index is 1.56. The predicted octanol–water partition coefficient (Wildman–Crippen LogP) is 2.19. The minimum absolute atomic E-state index is 0.232. The molecule has 7 nitrogen and oxygen atoms in total. The summed E-state index contributed by atoms with van der Waals surface area (Å²) in [7, 11) is 0. The van der Waals surface area contributed by atoms with Crippen molar-refractivity contribution in [3.63, 3.8) is 0 Å². The number of rotatable bonds is 6. The van der Waals surface area contributed by atoms with E-state index >= 15 is 0 Å². The zero-order valence-corrected chi connectivity index (χ0v) is 16.1. The highest BCUT2D eigenvalue weighted by molar-refractivity contribution is 5.38. The summed E-state index contributed by atoms with van der Waals surface area (Å²) >= 11 is 0. The van der Waals surface area contributed by atoms with Gasteiger partial charge in [-0.1, -0.05) is 36.8 Å². The van der Waals surface area contributed by atoms with Gasteiger partial charge in [0.1, 0.15) is 12.8 Å². The van der Waals surface area contributed by atoms with Gasteiger partial charge in [-0.25, -0.2) is 9.38 Å². The van der Waals surface area contributed by atoms with Crippen LogP contribution in [-0.4, -0.2) is 43.3 Å². The molecule has 28 heavy (non-hydrogen) atoms. The molecule has 1 saturated heterocycles. The van der Waals surface area contributed by atoms with Crippen LogP contribution in [0.25, 0.3) is 5.78 Å². The maximum atomic E-state index is 12.9. The lowest BCUT2D eigenvalue weighted by atomic mass is 10.1. The number of imidazole rings is 1. The van der Waals surface area contributed by atoms with E-state index in [1.165, 1.54) is 10.8 Å². The number of hydrogen-bond donors (Lipinski definition) is 1.